The second-order valence-corrected chi connectivity index (χ2v) is 8.09. The Kier molecular flexibility index (Phi) is 4.80. The smallest absolute Gasteiger partial charge is 0.269 e. The molecule has 0 aliphatic heterocycles. The summed E-state index contributed by atoms with van der Waals surface area (Å²) in [5, 5.41) is 11.1. The monoisotopic (exact) mass is 422 g/mol. The molecule has 1 N–H and O–H groups in total. The number of sulfonamides is 1. The van der Waals surface area contributed by atoms with E-state index in [4.69, 9.17) is 4.42 Å². The van der Waals surface area contributed by atoms with E-state index in [9.17, 15) is 23.3 Å². The third-order valence-corrected chi connectivity index (χ3v) is 5.79. The first-order valence-corrected chi connectivity index (χ1v) is 10.2. The lowest BCUT2D eigenvalue weighted by Gasteiger charge is -2.09. The third-order valence-electron chi connectivity index (χ3n) is 4.40. The molecule has 0 saturated carbocycles. The molecule has 0 radical (unpaired) electrons. The molecule has 0 fully saturated rings. The summed E-state index contributed by atoms with van der Waals surface area (Å²) in [5.74, 6) is 0.364. The molecule has 3 aromatic carbocycles. The van der Waals surface area contributed by atoms with Gasteiger partial charge in [-0.1, -0.05) is 30.3 Å². The normalized spacial score (nSPS) is 11.3. The van der Waals surface area contributed by atoms with Gasteiger partial charge in [0.15, 0.2) is 5.43 Å². The Morgan fingerprint density at radius 2 is 1.60 bits per heavy atom. The molecule has 0 unspecified atom stereocenters. The number of non-ortho nitro benzene ring substituents is 1. The molecule has 9 heteroatoms. The molecular weight excluding hydrogens is 408 g/mol. The maximum Gasteiger partial charge on any atom is 0.269 e. The highest BCUT2D eigenvalue weighted by Gasteiger charge is 2.17. The summed E-state index contributed by atoms with van der Waals surface area (Å²) in [6.07, 6.45) is 0. The van der Waals surface area contributed by atoms with E-state index in [0.29, 0.717) is 16.7 Å². The molecule has 0 bridgehead atoms. The van der Waals surface area contributed by atoms with Gasteiger partial charge in [-0.15, -0.1) is 0 Å². The minimum Gasteiger partial charge on any atom is -0.456 e. The van der Waals surface area contributed by atoms with Crippen LogP contribution in [0.3, 0.4) is 0 Å². The van der Waals surface area contributed by atoms with Crippen LogP contribution >= 0.6 is 0 Å². The molecule has 0 aliphatic rings. The maximum absolute atomic E-state index is 12.6. The summed E-state index contributed by atoms with van der Waals surface area (Å²) < 4.78 is 33.4. The van der Waals surface area contributed by atoms with Crippen LogP contribution in [0.5, 0.6) is 0 Å². The van der Waals surface area contributed by atoms with Gasteiger partial charge in [0.1, 0.15) is 11.3 Å². The maximum atomic E-state index is 12.6. The highest BCUT2D eigenvalue weighted by Crippen LogP contribution is 2.25. The molecule has 0 spiro atoms. The van der Waals surface area contributed by atoms with E-state index in [0.717, 1.165) is 24.3 Å². The fourth-order valence-corrected chi connectivity index (χ4v) is 3.97. The van der Waals surface area contributed by atoms with Gasteiger partial charge in [0.25, 0.3) is 15.7 Å². The van der Waals surface area contributed by atoms with E-state index in [1.165, 1.54) is 24.3 Å². The van der Waals surface area contributed by atoms with Gasteiger partial charge in [-0.25, -0.2) is 8.42 Å². The van der Waals surface area contributed by atoms with Gasteiger partial charge in [0, 0.05) is 29.8 Å². The van der Waals surface area contributed by atoms with Crippen molar-refractivity contribution < 1.29 is 17.8 Å². The van der Waals surface area contributed by atoms with E-state index in [1.807, 2.05) is 18.2 Å². The van der Waals surface area contributed by atoms with Crippen LogP contribution in [0.2, 0.25) is 0 Å². The second kappa shape index (κ2) is 7.45. The van der Waals surface area contributed by atoms with E-state index in [2.05, 4.69) is 4.72 Å². The number of fused-ring (bicyclic) bond motifs is 1. The van der Waals surface area contributed by atoms with Gasteiger partial charge in [-0.3, -0.25) is 19.6 Å². The van der Waals surface area contributed by atoms with Gasteiger partial charge in [0.05, 0.1) is 20.9 Å². The molecule has 4 rings (SSSR count). The minimum atomic E-state index is -3.99. The number of nitro groups is 1. The number of nitro benzene ring substituents is 1. The van der Waals surface area contributed by atoms with Crippen molar-refractivity contribution in [3.05, 3.63) is 99.2 Å². The molecule has 0 atom stereocenters. The van der Waals surface area contributed by atoms with Crippen molar-refractivity contribution in [2.75, 3.05) is 4.72 Å². The number of nitrogens with one attached hydrogen (secondary N) is 1. The molecular formula is C21H14N2O6S. The quantitative estimate of drug-likeness (QED) is 0.381. The van der Waals surface area contributed by atoms with Crippen LogP contribution in [0.4, 0.5) is 11.4 Å². The van der Waals surface area contributed by atoms with E-state index < -0.39 is 14.9 Å². The van der Waals surface area contributed by atoms with E-state index >= 15 is 0 Å². The van der Waals surface area contributed by atoms with Gasteiger partial charge >= 0.3 is 0 Å². The fourth-order valence-electron chi connectivity index (χ4n) is 2.92. The molecule has 0 saturated heterocycles. The standard InChI is InChI=1S/C21H14N2O6S/c24-19-13-20(14-4-2-1-3-5-14)29-21-12-15(6-11-18(19)21)22-30(27,28)17-9-7-16(8-10-17)23(25)26/h1-13,22H. The van der Waals surface area contributed by atoms with Gasteiger partial charge < -0.3 is 4.42 Å². The fraction of sp³-hybridized carbons (Fsp3) is 0. The first kappa shape index (κ1) is 19.3. The largest absolute Gasteiger partial charge is 0.456 e. The number of anilines is 1. The molecule has 1 heterocycles. The van der Waals surface area contributed by atoms with Crippen LogP contribution in [0, 0.1) is 10.1 Å². The summed E-state index contributed by atoms with van der Waals surface area (Å²) in [7, 11) is -3.99. The number of hydrogen-bond acceptors (Lipinski definition) is 6. The Morgan fingerprint density at radius 1 is 0.900 bits per heavy atom. The zero-order chi connectivity index (χ0) is 21.3. The van der Waals surface area contributed by atoms with E-state index in [-0.39, 0.29) is 27.3 Å². The lowest BCUT2D eigenvalue weighted by atomic mass is 10.1. The van der Waals surface area contributed by atoms with Crippen molar-refractivity contribution in [3.63, 3.8) is 0 Å². The molecule has 0 amide bonds. The van der Waals surface area contributed by atoms with Gasteiger partial charge in [-0.2, -0.15) is 0 Å². The van der Waals surface area contributed by atoms with Crippen molar-refractivity contribution in [3.8, 4) is 11.3 Å². The van der Waals surface area contributed by atoms with Crippen molar-refractivity contribution in [1.82, 2.24) is 0 Å². The number of benzene rings is 3. The summed E-state index contributed by atoms with van der Waals surface area (Å²) >= 11 is 0. The van der Waals surface area contributed by atoms with Crippen LogP contribution in [0.25, 0.3) is 22.3 Å². The van der Waals surface area contributed by atoms with Crippen LogP contribution in [-0.4, -0.2) is 13.3 Å². The Hall–Kier alpha value is -3.98. The van der Waals surface area contributed by atoms with Crippen LogP contribution in [0.1, 0.15) is 0 Å². The Bertz CT molecular complexity index is 1410. The highest BCUT2D eigenvalue weighted by molar-refractivity contribution is 7.92. The highest BCUT2D eigenvalue weighted by atomic mass is 32.2. The summed E-state index contributed by atoms with van der Waals surface area (Å²) in [6.45, 7) is 0. The van der Waals surface area contributed by atoms with E-state index in [1.54, 1.807) is 12.1 Å². The topological polar surface area (TPSA) is 120 Å². The first-order chi connectivity index (χ1) is 14.3. The van der Waals surface area contributed by atoms with Gasteiger partial charge in [0.2, 0.25) is 0 Å². The predicted octanol–water partition coefficient (Wildman–Crippen LogP) is 4.17. The van der Waals surface area contributed by atoms with Gasteiger partial charge in [-0.05, 0) is 24.3 Å². The third kappa shape index (κ3) is 3.78. The molecule has 1 aromatic heterocycles. The first-order valence-electron chi connectivity index (χ1n) is 8.74. The van der Waals surface area contributed by atoms with Crippen molar-refractivity contribution in [2.45, 2.75) is 4.90 Å². The van der Waals surface area contributed by atoms with Crippen LogP contribution < -0.4 is 10.2 Å². The number of nitrogens with zero attached hydrogens (tertiary/aromatic N) is 1. The van der Waals surface area contributed by atoms with Crippen molar-refractivity contribution >= 4 is 32.4 Å². The van der Waals surface area contributed by atoms with Crippen LogP contribution in [0.15, 0.2) is 93.0 Å². The number of hydrogen-bond donors (Lipinski definition) is 1. The second-order valence-electron chi connectivity index (χ2n) is 6.41. The molecule has 8 nitrogen and oxygen atoms in total. The summed E-state index contributed by atoms with van der Waals surface area (Å²) in [4.78, 5) is 22.4. The van der Waals surface area contributed by atoms with Crippen molar-refractivity contribution in [2.24, 2.45) is 0 Å². The Labute approximate surface area is 170 Å². The Morgan fingerprint density at radius 3 is 2.27 bits per heavy atom. The summed E-state index contributed by atoms with van der Waals surface area (Å²) in [5.41, 5.74) is 0.669. The lowest BCUT2D eigenvalue weighted by molar-refractivity contribution is -0.384. The zero-order valence-electron chi connectivity index (χ0n) is 15.3. The summed E-state index contributed by atoms with van der Waals surface area (Å²) in [6, 6.07) is 19.3. The molecule has 0 aliphatic carbocycles. The molecule has 4 aromatic rings. The lowest BCUT2D eigenvalue weighted by Crippen LogP contribution is -2.13. The average molecular weight is 422 g/mol. The van der Waals surface area contributed by atoms with Crippen LogP contribution in [-0.2, 0) is 10.0 Å². The SMILES string of the molecule is O=c1cc(-c2ccccc2)oc2cc(NS(=O)(=O)c3ccc([N+](=O)[O-])cc3)ccc12. The zero-order valence-corrected chi connectivity index (χ0v) is 16.1. The van der Waals surface area contributed by atoms with Crippen molar-refractivity contribution in [1.29, 1.82) is 0 Å². The number of rotatable bonds is 5. The Balaban J connectivity index is 1.70. The minimum absolute atomic E-state index is 0.132. The molecule has 150 valence electrons. The predicted molar refractivity (Wildman–Crippen MR) is 112 cm³/mol. The average Bonchev–Trinajstić information content (AvgIpc) is 2.74. The molecule has 30 heavy (non-hydrogen) atoms.